The molecule has 5 nitrogen and oxygen atoms in total. The fourth-order valence-corrected chi connectivity index (χ4v) is 2.23. The van der Waals surface area contributed by atoms with E-state index in [1.165, 1.54) is 0 Å². The number of likely N-dealkylation sites (tertiary alicyclic amines) is 1. The van der Waals surface area contributed by atoms with Gasteiger partial charge in [-0.25, -0.2) is 4.79 Å². The van der Waals surface area contributed by atoms with Crippen LogP contribution in [-0.2, 0) is 4.74 Å². The van der Waals surface area contributed by atoms with Gasteiger partial charge in [0.2, 0.25) is 0 Å². The van der Waals surface area contributed by atoms with E-state index in [4.69, 9.17) is 10.5 Å². The zero-order valence-electron chi connectivity index (χ0n) is 11.7. The second-order valence-electron chi connectivity index (χ2n) is 5.85. The third-order valence-electron chi connectivity index (χ3n) is 3.03. The van der Waals surface area contributed by atoms with Gasteiger partial charge in [0.15, 0.2) is 0 Å². The zero-order valence-corrected chi connectivity index (χ0v) is 11.7. The molecular formula is C14H21N3O2. The number of rotatable bonds is 1. The van der Waals surface area contributed by atoms with Crippen LogP contribution in [0.2, 0.25) is 0 Å². The Morgan fingerprint density at radius 2 is 2.21 bits per heavy atom. The second kappa shape index (κ2) is 5.07. The Morgan fingerprint density at radius 3 is 2.79 bits per heavy atom. The Balaban J connectivity index is 2.12. The van der Waals surface area contributed by atoms with Crippen LogP contribution in [0.3, 0.4) is 0 Å². The molecule has 1 atom stereocenters. The van der Waals surface area contributed by atoms with Crippen molar-refractivity contribution >= 4 is 11.8 Å². The van der Waals surface area contributed by atoms with E-state index in [1.54, 1.807) is 11.1 Å². The number of ether oxygens (including phenoxy) is 1. The molecule has 0 bridgehead atoms. The minimum absolute atomic E-state index is 0.00421. The van der Waals surface area contributed by atoms with Gasteiger partial charge in [0.05, 0.1) is 23.6 Å². The van der Waals surface area contributed by atoms with Gasteiger partial charge in [-0.1, -0.05) is 0 Å². The highest BCUT2D eigenvalue weighted by molar-refractivity contribution is 5.69. The van der Waals surface area contributed by atoms with Crippen molar-refractivity contribution in [3.63, 3.8) is 0 Å². The Bertz CT molecular complexity index is 451. The number of carbonyl (C=O) groups excluding carboxylic acids is 1. The molecule has 104 valence electrons. The number of pyridine rings is 1. The summed E-state index contributed by atoms with van der Waals surface area (Å²) in [6.07, 6.45) is 3.24. The first kappa shape index (κ1) is 13.6. The van der Waals surface area contributed by atoms with Gasteiger partial charge >= 0.3 is 6.09 Å². The Kier molecular flexibility index (Phi) is 3.64. The van der Waals surface area contributed by atoms with E-state index in [2.05, 4.69) is 4.98 Å². The Hall–Kier alpha value is -1.78. The maximum absolute atomic E-state index is 12.2. The van der Waals surface area contributed by atoms with Gasteiger partial charge in [-0.15, -0.1) is 0 Å². The zero-order chi connectivity index (χ0) is 14.0. The second-order valence-corrected chi connectivity index (χ2v) is 5.85. The summed E-state index contributed by atoms with van der Waals surface area (Å²) in [6.45, 7) is 6.33. The van der Waals surface area contributed by atoms with E-state index in [1.807, 2.05) is 32.9 Å². The van der Waals surface area contributed by atoms with Gasteiger partial charge in [-0.2, -0.15) is 0 Å². The number of nitrogens with zero attached hydrogens (tertiary/aromatic N) is 2. The summed E-state index contributed by atoms with van der Waals surface area (Å²) in [5.74, 6) is 0. The molecule has 0 aromatic carbocycles. The molecule has 0 aliphatic carbocycles. The molecule has 1 aliphatic heterocycles. The Morgan fingerprint density at radius 1 is 1.47 bits per heavy atom. The maximum atomic E-state index is 12.2. The van der Waals surface area contributed by atoms with E-state index in [-0.39, 0.29) is 12.1 Å². The van der Waals surface area contributed by atoms with Crippen molar-refractivity contribution in [3.05, 3.63) is 24.0 Å². The number of hydrogen-bond acceptors (Lipinski definition) is 4. The van der Waals surface area contributed by atoms with E-state index >= 15 is 0 Å². The molecule has 19 heavy (non-hydrogen) atoms. The normalized spacial score (nSPS) is 19.5. The molecule has 1 amide bonds. The lowest BCUT2D eigenvalue weighted by Crippen LogP contribution is -2.36. The molecule has 0 saturated carbocycles. The number of hydrogen-bond donors (Lipinski definition) is 1. The standard InChI is InChI=1S/C14H21N3O2/c1-14(2,3)19-13(18)17-8-4-5-12(17)11-7-6-10(15)9-16-11/h6-7,9,12H,4-5,8,15H2,1-3H3/t12-/m0/s1. The molecule has 1 aliphatic rings. The van der Waals surface area contributed by atoms with Crippen LogP contribution in [-0.4, -0.2) is 28.1 Å². The van der Waals surface area contributed by atoms with Crippen LogP contribution in [0.4, 0.5) is 10.5 Å². The van der Waals surface area contributed by atoms with E-state index in [9.17, 15) is 4.79 Å². The molecule has 0 radical (unpaired) electrons. The number of amides is 1. The summed E-state index contributed by atoms with van der Waals surface area (Å²) in [5.41, 5.74) is 6.66. The van der Waals surface area contributed by atoms with E-state index in [0.29, 0.717) is 12.2 Å². The van der Waals surface area contributed by atoms with Crippen LogP contribution >= 0.6 is 0 Å². The van der Waals surface area contributed by atoms with Gasteiger partial charge in [-0.3, -0.25) is 9.88 Å². The van der Waals surface area contributed by atoms with Crippen LogP contribution in [0.1, 0.15) is 45.3 Å². The van der Waals surface area contributed by atoms with Gasteiger partial charge in [0.25, 0.3) is 0 Å². The lowest BCUT2D eigenvalue weighted by molar-refractivity contribution is 0.0221. The van der Waals surface area contributed by atoms with Crippen LogP contribution in [0.5, 0.6) is 0 Å². The molecule has 1 aromatic rings. The SMILES string of the molecule is CC(C)(C)OC(=O)N1CCC[C@H]1c1ccc(N)cn1. The average molecular weight is 263 g/mol. The molecule has 5 heteroatoms. The average Bonchev–Trinajstić information content (AvgIpc) is 2.76. The fraction of sp³-hybridized carbons (Fsp3) is 0.571. The van der Waals surface area contributed by atoms with Gasteiger partial charge in [0, 0.05) is 6.54 Å². The number of nitrogens with two attached hydrogens (primary N) is 1. The highest BCUT2D eigenvalue weighted by atomic mass is 16.6. The monoisotopic (exact) mass is 263 g/mol. The lowest BCUT2D eigenvalue weighted by atomic mass is 10.1. The molecular weight excluding hydrogens is 242 g/mol. The smallest absolute Gasteiger partial charge is 0.410 e. The van der Waals surface area contributed by atoms with Crippen LogP contribution in [0.25, 0.3) is 0 Å². The Labute approximate surface area is 113 Å². The maximum Gasteiger partial charge on any atom is 0.410 e. The van der Waals surface area contributed by atoms with Gasteiger partial charge < -0.3 is 10.5 Å². The molecule has 1 saturated heterocycles. The number of carbonyl (C=O) groups is 1. The molecule has 1 aromatic heterocycles. The van der Waals surface area contributed by atoms with Crippen molar-refractivity contribution in [2.45, 2.75) is 45.3 Å². The highest BCUT2D eigenvalue weighted by Crippen LogP contribution is 2.32. The predicted molar refractivity (Wildman–Crippen MR) is 73.6 cm³/mol. The van der Waals surface area contributed by atoms with E-state index in [0.717, 1.165) is 18.5 Å². The summed E-state index contributed by atoms with van der Waals surface area (Å²) < 4.78 is 5.43. The molecule has 0 spiro atoms. The lowest BCUT2D eigenvalue weighted by Gasteiger charge is -2.28. The molecule has 1 fully saturated rings. The third kappa shape index (κ3) is 3.36. The van der Waals surface area contributed by atoms with Crippen LogP contribution in [0.15, 0.2) is 18.3 Å². The van der Waals surface area contributed by atoms with Crippen molar-refractivity contribution in [2.75, 3.05) is 12.3 Å². The summed E-state index contributed by atoms with van der Waals surface area (Å²) in [5, 5.41) is 0. The number of aromatic nitrogens is 1. The quantitative estimate of drug-likeness (QED) is 0.845. The van der Waals surface area contributed by atoms with E-state index < -0.39 is 5.60 Å². The van der Waals surface area contributed by atoms with Gasteiger partial charge in [-0.05, 0) is 45.7 Å². The number of nitrogen functional groups attached to an aromatic ring is 1. The van der Waals surface area contributed by atoms with Crippen molar-refractivity contribution in [1.29, 1.82) is 0 Å². The fourth-order valence-electron chi connectivity index (χ4n) is 2.23. The van der Waals surface area contributed by atoms with Crippen LogP contribution < -0.4 is 5.73 Å². The summed E-state index contributed by atoms with van der Waals surface area (Å²) >= 11 is 0. The predicted octanol–water partition coefficient (Wildman–Crippen LogP) is 2.74. The molecule has 2 N–H and O–H groups in total. The van der Waals surface area contributed by atoms with Crippen molar-refractivity contribution in [3.8, 4) is 0 Å². The first-order valence-electron chi connectivity index (χ1n) is 6.58. The minimum Gasteiger partial charge on any atom is -0.444 e. The van der Waals surface area contributed by atoms with Crippen LogP contribution in [0, 0.1) is 0 Å². The number of anilines is 1. The highest BCUT2D eigenvalue weighted by Gasteiger charge is 2.33. The first-order valence-corrected chi connectivity index (χ1v) is 6.58. The molecule has 2 rings (SSSR count). The molecule has 2 heterocycles. The van der Waals surface area contributed by atoms with Crippen molar-refractivity contribution in [2.24, 2.45) is 0 Å². The molecule has 0 unspecified atom stereocenters. The first-order chi connectivity index (χ1) is 8.87. The summed E-state index contributed by atoms with van der Waals surface area (Å²) in [6, 6.07) is 3.69. The van der Waals surface area contributed by atoms with Crippen molar-refractivity contribution < 1.29 is 9.53 Å². The van der Waals surface area contributed by atoms with Crippen molar-refractivity contribution in [1.82, 2.24) is 9.88 Å². The topological polar surface area (TPSA) is 68.5 Å². The summed E-state index contributed by atoms with van der Waals surface area (Å²) in [7, 11) is 0. The third-order valence-corrected chi connectivity index (χ3v) is 3.03. The van der Waals surface area contributed by atoms with Gasteiger partial charge in [0.1, 0.15) is 5.60 Å². The summed E-state index contributed by atoms with van der Waals surface area (Å²) in [4.78, 5) is 18.2. The minimum atomic E-state index is -0.473. The largest absolute Gasteiger partial charge is 0.444 e.